The minimum absolute atomic E-state index is 0.0677. The Morgan fingerprint density at radius 3 is 2.70 bits per heavy atom. The van der Waals surface area contributed by atoms with Crippen molar-refractivity contribution in [3.63, 3.8) is 0 Å². The van der Waals surface area contributed by atoms with Crippen molar-refractivity contribution in [2.75, 3.05) is 0 Å². The number of thioether (sulfide) groups is 1. The van der Waals surface area contributed by atoms with E-state index in [1.165, 1.54) is 12.1 Å². The lowest BCUT2D eigenvalue weighted by molar-refractivity contribution is 0.627. The minimum Gasteiger partial charge on any atom is -0.309 e. The smallest absolute Gasteiger partial charge is 0.259 e. The van der Waals surface area contributed by atoms with Crippen LogP contribution < -0.4 is 5.56 Å². The van der Waals surface area contributed by atoms with Gasteiger partial charge >= 0.3 is 0 Å². The fourth-order valence-electron chi connectivity index (χ4n) is 2.40. The summed E-state index contributed by atoms with van der Waals surface area (Å²) in [6, 6.07) is 6.52. The van der Waals surface area contributed by atoms with Crippen LogP contribution in [0.4, 0.5) is 4.39 Å². The summed E-state index contributed by atoms with van der Waals surface area (Å²) in [5.41, 5.74) is 2.00. The average Bonchev–Trinajstić information content (AvgIpc) is 2.80. The molecule has 0 radical (unpaired) electrons. The zero-order valence-corrected chi connectivity index (χ0v) is 14.8. The number of fused-ring (bicyclic) bond motifs is 1. The first-order chi connectivity index (χ1) is 11.0. The van der Waals surface area contributed by atoms with Gasteiger partial charge in [0, 0.05) is 10.1 Å². The number of hydrogen-bond donors (Lipinski definition) is 1. The van der Waals surface area contributed by atoms with Gasteiger partial charge in [-0.3, -0.25) is 4.79 Å². The molecule has 1 aromatic carbocycles. The Bertz CT molecular complexity index is 899. The molecule has 3 aromatic rings. The molecule has 23 heavy (non-hydrogen) atoms. The molecule has 120 valence electrons. The highest BCUT2D eigenvalue weighted by atomic mass is 32.2. The van der Waals surface area contributed by atoms with Gasteiger partial charge in [0.1, 0.15) is 16.5 Å². The first-order valence-corrected chi connectivity index (χ1v) is 9.18. The molecule has 0 bridgehead atoms. The van der Waals surface area contributed by atoms with E-state index in [-0.39, 0.29) is 16.6 Å². The van der Waals surface area contributed by atoms with E-state index in [2.05, 4.69) is 16.9 Å². The Hall–Kier alpha value is -1.66. The molecule has 0 saturated carbocycles. The van der Waals surface area contributed by atoms with E-state index in [1.807, 2.05) is 13.8 Å². The van der Waals surface area contributed by atoms with Crippen LogP contribution in [0.3, 0.4) is 0 Å². The number of thiophene rings is 1. The molecule has 3 rings (SSSR count). The molecule has 0 fully saturated rings. The topological polar surface area (TPSA) is 45.8 Å². The first kappa shape index (κ1) is 16.2. The van der Waals surface area contributed by atoms with Gasteiger partial charge in [0.15, 0.2) is 0 Å². The lowest BCUT2D eigenvalue weighted by Crippen LogP contribution is -2.11. The van der Waals surface area contributed by atoms with Crippen LogP contribution in [0.1, 0.15) is 34.0 Å². The Kier molecular flexibility index (Phi) is 4.55. The van der Waals surface area contributed by atoms with Crippen LogP contribution in [0.25, 0.3) is 10.2 Å². The second-order valence-electron chi connectivity index (χ2n) is 5.48. The Labute approximate surface area is 142 Å². The molecule has 0 aliphatic rings. The predicted molar refractivity (Wildman–Crippen MR) is 95.8 cm³/mol. The van der Waals surface area contributed by atoms with Crippen molar-refractivity contribution in [3.8, 4) is 0 Å². The highest BCUT2D eigenvalue weighted by molar-refractivity contribution is 7.98. The van der Waals surface area contributed by atoms with E-state index in [4.69, 9.17) is 0 Å². The summed E-state index contributed by atoms with van der Waals surface area (Å²) in [6.45, 7) is 6.02. The number of hydrogen-bond acceptors (Lipinski definition) is 4. The fraction of sp³-hybridized carbons (Fsp3) is 0.294. The fourth-order valence-corrected chi connectivity index (χ4v) is 4.34. The van der Waals surface area contributed by atoms with Crippen molar-refractivity contribution in [1.29, 1.82) is 0 Å². The summed E-state index contributed by atoms with van der Waals surface area (Å²) in [4.78, 5) is 21.6. The standard InChI is InChI=1S/C17H17FN2OS2/c1-9-10(2)23-17-15(9)16(21)19-14(20-17)8-22-11(3)12-4-6-13(18)7-5-12/h4-7,11H,8H2,1-3H3,(H,19,20,21). The van der Waals surface area contributed by atoms with E-state index >= 15 is 0 Å². The quantitative estimate of drug-likeness (QED) is 0.741. The van der Waals surface area contributed by atoms with Crippen LogP contribution >= 0.6 is 23.1 Å². The van der Waals surface area contributed by atoms with Crippen LogP contribution in [-0.2, 0) is 5.75 Å². The summed E-state index contributed by atoms with van der Waals surface area (Å²) in [6.07, 6.45) is 0. The maximum absolute atomic E-state index is 13.0. The third kappa shape index (κ3) is 3.33. The van der Waals surface area contributed by atoms with Crippen molar-refractivity contribution < 1.29 is 4.39 Å². The molecule has 0 saturated heterocycles. The minimum atomic E-state index is -0.231. The van der Waals surface area contributed by atoms with Gasteiger partial charge in [0.25, 0.3) is 5.56 Å². The lowest BCUT2D eigenvalue weighted by atomic mass is 10.2. The second-order valence-corrected chi connectivity index (χ2v) is 8.01. The third-order valence-electron chi connectivity index (χ3n) is 3.90. The van der Waals surface area contributed by atoms with Crippen LogP contribution in [0, 0.1) is 19.7 Å². The van der Waals surface area contributed by atoms with Crippen LogP contribution in [-0.4, -0.2) is 9.97 Å². The number of halogens is 1. The number of rotatable bonds is 4. The lowest BCUT2D eigenvalue weighted by Gasteiger charge is -2.11. The van der Waals surface area contributed by atoms with Gasteiger partial charge in [-0.2, -0.15) is 0 Å². The number of aryl methyl sites for hydroxylation is 2. The Morgan fingerprint density at radius 2 is 2.00 bits per heavy atom. The number of nitrogens with zero attached hydrogens (tertiary/aromatic N) is 1. The molecular weight excluding hydrogens is 331 g/mol. The van der Waals surface area contributed by atoms with E-state index < -0.39 is 0 Å². The Morgan fingerprint density at radius 1 is 1.30 bits per heavy atom. The molecule has 0 spiro atoms. The number of H-pyrrole nitrogens is 1. The summed E-state index contributed by atoms with van der Waals surface area (Å²) in [7, 11) is 0. The van der Waals surface area contributed by atoms with Crippen molar-refractivity contribution >= 4 is 33.3 Å². The largest absolute Gasteiger partial charge is 0.309 e. The number of aromatic nitrogens is 2. The molecular formula is C17H17FN2OS2. The van der Waals surface area contributed by atoms with Gasteiger partial charge in [-0.05, 0) is 44.0 Å². The van der Waals surface area contributed by atoms with Crippen LogP contribution in [0.2, 0.25) is 0 Å². The normalized spacial score (nSPS) is 12.7. The van der Waals surface area contributed by atoms with E-state index in [0.29, 0.717) is 17.0 Å². The van der Waals surface area contributed by atoms with E-state index in [0.717, 1.165) is 20.8 Å². The van der Waals surface area contributed by atoms with Gasteiger partial charge in [0.2, 0.25) is 0 Å². The van der Waals surface area contributed by atoms with Gasteiger partial charge in [0.05, 0.1) is 11.1 Å². The first-order valence-electron chi connectivity index (χ1n) is 7.31. The number of benzene rings is 1. The predicted octanol–water partition coefficient (Wildman–Crippen LogP) is 4.73. The molecule has 6 heteroatoms. The van der Waals surface area contributed by atoms with Crippen molar-refractivity contribution in [2.24, 2.45) is 0 Å². The molecule has 1 N–H and O–H groups in total. The molecule has 1 unspecified atom stereocenters. The number of nitrogens with one attached hydrogen (secondary N) is 1. The SMILES string of the molecule is Cc1sc2nc(CSC(C)c3ccc(F)cc3)[nH]c(=O)c2c1C. The molecule has 0 aliphatic carbocycles. The molecule has 0 amide bonds. The number of aromatic amines is 1. The summed E-state index contributed by atoms with van der Waals surface area (Å²) in [5.74, 6) is 1.06. The second kappa shape index (κ2) is 6.45. The van der Waals surface area contributed by atoms with Crippen molar-refractivity contribution in [2.45, 2.75) is 31.8 Å². The molecule has 0 aliphatic heterocycles. The highest BCUT2D eigenvalue weighted by Gasteiger charge is 2.13. The molecule has 3 nitrogen and oxygen atoms in total. The molecule has 1 atom stereocenters. The highest BCUT2D eigenvalue weighted by Crippen LogP contribution is 2.31. The molecule has 2 heterocycles. The average molecular weight is 348 g/mol. The van der Waals surface area contributed by atoms with Gasteiger partial charge < -0.3 is 4.98 Å². The van der Waals surface area contributed by atoms with E-state index in [9.17, 15) is 9.18 Å². The zero-order chi connectivity index (χ0) is 16.6. The Balaban J connectivity index is 1.79. The summed E-state index contributed by atoms with van der Waals surface area (Å²) < 4.78 is 13.0. The summed E-state index contributed by atoms with van der Waals surface area (Å²) in [5, 5.41) is 0.899. The van der Waals surface area contributed by atoms with Gasteiger partial charge in [-0.25, -0.2) is 9.37 Å². The van der Waals surface area contributed by atoms with Crippen LogP contribution in [0.5, 0.6) is 0 Å². The monoisotopic (exact) mass is 348 g/mol. The summed E-state index contributed by atoms with van der Waals surface area (Å²) >= 11 is 3.22. The maximum Gasteiger partial charge on any atom is 0.259 e. The van der Waals surface area contributed by atoms with Crippen molar-refractivity contribution in [1.82, 2.24) is 9.97 Å². The third-order valence-corrected chi connectivity index (χ3v) is 6.21. The zero-order valence-electron chi connectivity index (χ0n) is 13.1. The van der Waals surface area contributed by atoms with Gasteiger partial charge in [-0.1, -0.05) is 12.1 Å². The maximum atomic E-state index is 13.0. The van der Waals surface area contributed by atoms with E-state index in [1.54, 1.807) is 35.2 Å². The van der Waals surface area contributed by atoms with Crippen molar-refractivity contribution in [3.05, 3.63) is 62.3 Å². The van der Waals surface area contributed by atoms with Crippen LogP contribution in [0.15, 0.2) is 29.1 Å². The van der Waals surface area contributed by atoms with Gasteiger partial charge in [-0.15, -0.1) is 23.1 Å². The molecule has 2 aromatic heterocycles.